The number of hydrogen-bond acceptors (Lipinski definition) is 9. The van der Waals surface area contributed by atoms with Crippen molar-refractivity contribution in [1.82, 2.24) is 26.2 Å². The summed E-state index contributed by atoms with van der Waals surface area (Å²) >= 11 is 0. The van der Waals surface area contributed by atoms with Gasteiger partial charge in [0.05, 0.1) is 6.04 Å². The van der Waals surface area contributed by atoms with Crippen LogP contribution < -0.4 is 21.3 Å². The first-order valence-corrected chi connectivity index (χ1v) is 17.6. The van der Waals surface area contributed by atoms with E-state index in [9.17, 15) is 38.7 Å². The highest BCUT2D eigenvalue weighted by atomic mass is 16.6. The molecule has 5 N–H and O–H groups in total. The van der Waals surface area contributed by atoms with E-state index in [1.807, 2.05) is 20.8 Å². The molecule has 49 heavy (non-hydrogen) atoms. The maximum Gasteiger partial charge on any atom is 0.325 e. The molecule has 280 valence electrons. The Kier molecular flexibility index (Phi) is 18.5. The fourth-order valence-electron chi connectivity index (χ4n) is 5.69. The number of amides is 5. The number of unbranched alkanes of at least 4 members (excludes halogenated alkanes) is 1. The summed E-state index contributed by atoms with van der Waals surface area (Å²) < 4.78 is 5.18. The summed E-state index contributed by atoms with van der Waals surface area (Å²) in [6, 6.07) is -2.79. The normalized spacial score (nSPS) is 17.1. The topological polar surface area (TPSA) is 200 Å². The minimum atomic E-state index is -1.65. The highest BCUT2D eigenvalue weighted by molar-refractivity contribution is 5.94. The monoisotopic (exact) mass is 695 g/mol. The van der Waals surface area contributed by atoms with E-state index in [2.05, 4.69) is 21.3 Å². The van der Waals surface area contributed by atoms with Crippen molar-refractivity contribution in [3.05, 3.63) is 0 Å². The Balaban J connectivity index is 2.94. The summed E-state index contributed by atoms with van der Waals surface area (Å²) in [5.41, 5.74) is -0.744. The van der Waals surface area contributed by atoms with Gasteiger partial charge in [0.25, 0.3) is 5.91 Å². The number of carbonyl (C=O) groups is 7. The number of nitrogens with one attached hydrogen (secondary N) is 4. The lowest BCUT2D eigenvalue weighted by atomic mass is 9.88. The number of esters is 1. The van der Waals surface area contributed by atoms with Crippen LogP contribution >= 0.6 is 0 Å². The second kappa shape index (κ2) is 20.8. The molecule has 0 saturated carbocycles. The zero-order chi connectivity index (χ0) is 37.5. The molecule has 1 saturated heterocycles. The fourth-order valence-corrected chi connectivity index (χ4v) is 5.69. The van der Waals surface area contributed by atoms with Gasteiger partial charge in [-0.25, -0.2) is 0 Å². The first-order valence-electron chi connectivity index (χ1n) is 17.6. The van der Waals surface area contributed by atoms with Gasteiger partial charge in [-0.1, -0.05) is 41.0 Å². The SMILES string of the molecule is CCCC(NC(=O)[C@@H]1CCCN1C(=O)[C@@H](NC(=O)[C@@H](CC(=O)CCCCC(=O)NC)C(C)C)C(C)C)C(O)C(=O)NCC(=O)OC(C)(C)C. The Morgan fingerprint density at radius 3 is 2.10 bits per heavy atom. The Hall–Kier alpha value is -3.55. The van der Waals surface area contributed by atoms with Gasteiger partial charge in [0.1, 0.15) is 30.0 Å². The van der Waals surface area contributed by atoms with Crippen molar-refractivity contribution in [2.45, 2.75) is 143 Å². The molecule has 5 amide bonds. The molecule has 1 aliphatic rings. The number of hydrogen-bond donors (Lipinski definition) is 5. The van der Waals surface area contributed by atoms with E-state index >= 15 is 0 Å². The molecule has 14 nitrogen and oxygen atoms in total. The molecule has 1 aliphatic heterocycles. The molecule has 1 fully saturated rings. The van der Waals surface area contributed by atoms with E-state index in [1.165, 1.54) is 4.90 Å². The number of nitrogens with zero attached hydrogens (tertiary/aromatic N) is 1. The Morgan fingerprint density at radius 1 is 0.918 bits per heavy atom. The summed E-state index contributed by atoms with van der Waals surface area (Å²) in [7, 11) is 1.56. The summed E-state index contributed by atoms with van der Waals surface area (Å²) in [5.74, 6) is -4.20. The van der Waals surface area contributed by atoms with E-state index in [0.29, 0.717) is 38.5 Å². The zero-order valence-electron chi connectivity index (χ0n) is 31.0. The number of likely N-dealkylation sites (tertiary alicyclic amines) is 1. The summed E-state index contributed by atoms with van der Waals surface area (Å²) in [4.78, 5) is 91.2. The number of ether oxygens (including phenoxy) is 1. The highest BCUT2D eigenvalue weighted by Crippen LogP contribution is 2.23. The molecule has 5 atom stereocenters. The molecule has 0 radical (unpaired) electrons. The van der Waals surface area contributed by atoms with E-state index in [4.69, 9.17) is 4.74 Å². The van der Waals surface area contributed by atoms with Gasteiger partial charge in [-0.3, -0.25) is 33.6 Å². The van der Waals surface area contributed by atoms with Gasteiger partial charge in [0.2, 0.25) is 23.6 Å². The molecule has 1 heterocycles. The highest BCUT2D eigenvalue weighted by Gasteiger charge is 2.41. The van der Waals surface area contributed by atoms with Crippen molar-refractivity contribution in [2.24, 2.45) is 17.8 Å². The molecule has 14 heteroatoms. The molecule has 2 unspecified atom stereocenters. The Bertz CT molecular complexity index is 1150. The summed E-state index contributed by atoms with van der Waals surface area (Å²) in [6.45, 7) is 14.0. The first-order chi connectivity index (χ1) is 22.8. The van der Waals surface area contributed by atoms with Crippen LogP contribution in [0, 0.1) is 17.8 Å². The third kappa shape index (κ3) is 15.3. The number of Topliss-reactive ketones (excluding diaryl/α,β-unsaturated/α-hetero) is 1. The number of aliphatic hydroxyl groups is 1. The van der Waals surface area contributed by atoms with Crippen LogP contribution in [0.4, 0.5) is 0 Å². The maximum absolute atomic E-state index is 13.9. The van der Waals surface area contributed by atoms with Crippen molar-refractivity contribution in [3.63, 3.8) is 0 Å². The average Bonchev–Trinajstić information content (AvgIpc) is 3.51. The summed E-state index contributed by atoms with van der Waals surface area (Å²) in [6.07, 6.45) is 1.76. The average molecular weight is 696 g/mol. The van der Waals surface area contributed by atoms with Crippen molar-refractivity contribution in [3.8, 4) is 0 Å². The van der Waals surface area contributed by atoms with Crippen LogP contribution in [-0.4, -0.2) is 101 Å². The van der Waals surface area contributed by atoms with Gasteiger partial charge < -0.3 is 36.0 Å². The third-order valence-corrected chi connectivity index (χ3v) is 8.45. The van der Waals surface area contributed by atoms with E-state index in [0.717, 1.165) is 0 Å². The molecule has 0 aromatic rings. The van der Waals surface area contributed by atoms with Gasteiger partial charge in [0.15, 0.2) is 6.10 Å². The third-order valence-electron chi connectivity index (χ3n) is 8.45. The minimum absolute atomic E-state index is 0.0176. The molecule has 1 rings (SSSR count). The standard InChI is InChI=1S/C35H61N5O9/c1-10-14-25(30(44)33(47)37-20-28(43)49-35(6,7)8)38-32(46)26-16-13-18-40(26)34(48)29(22(4)5)39-31(45)24(21(2)3)19-23(41)15-11-12-17-27(42)36-9/h21-22,24-26,29-30,44H,10-20H2,1-9H3,(H,36,42)(H,37,47)(H,38,46)(H,39,45)/t24-,25?,26-,29-,30?/m0/s1. The molecule has 0 aromatic heterocycles. The lowest BCUT2D eigenvalue weighted by molar-refractivity contribution is -0.155. The quantitative estimate of drug-likeness (QED) is 0.0930. The van der Waals surface area contributed by atoms with Crippen LogP contribution in [0.3, 0.4) is 0 Å². The van der Waals surface area contributed by atoms with Crippen LogP contribution in [0.15, 0.2) is 0 Å². The smallest absolute Gasteiger partial charge is 0.325 e. The van der Waals surface area contributed by atoms with Crippen molar-refractivity contribution in [1.29, 1.82) is 0 Å². The predicted octanol–water partition coefficient (Wildman–Crippen LogP) is 1.76. The van der Waals surface area contributed by atoms with E-state index in [1.54, 1.807) is 41.7 Å². The van der Waals surface area contributed by atoms with Crippen LogP contribution in [-0.2, 0) is 38.3 Å². The fraction of sp³-hybridized carbons (Fsp3) is 0.800. The molecule has 0 aromatic carbocycles. The second-order valence-electron chi connectivity index (χ2n) is 14.5. The molecular formula is C35H61N5O9. The maximum atomic E-state index is 13.9. The first kappa shape index (κ1) is 43.5. The number of carbonyl (C=O) groups excluding carboxylic acids is 7. The van der Waals surface area contributed by atoms with Gasteiger partial charge in [-0.2, -0.15) is 0 Å². The van der Waals surface area contributed by atoms with Gasteiger partial charge in [-0.05, 0) is 64.7 Å². The lowest BCUT2D eigenvalue weighted by Crippen LogP contribution is -2.58. The van der Waals surface area contributed by atoms with Crippen LogP contribution in [0.5, 0.6) is 0 Å². The summed E-state index contributed by atoms with van der Waals surface area (Å²) in [5, 5.41) is 21.3. The van der Waals surface area contributed by atoms with Crippen LogP contribution in [0.25, 0.3) is 0 Å². The predicted molar refractivity (Wildman–Crippen MR) is 184 cm³/mol. The molecule has 0 aliphatic carbocycles. The van der Waals surface area contributed by atoms with Gasteiger partial charge in [0, 0.05) is 38.8 Å². The van der Waals surface area contributed by atoms with E-state index in [-0.39, 0.29) is 49.3 Å². The Morgan fingerprint density at radius 2 is 1.55 bits per heavy atom. The minimum Gasteiger partial charge on any atom is -0.459 e. The van der Waals surface area contributed by atoms with Crippen molar-refractivity contribution in [2.75, 3.05) is 20.1 Å². The second-order valence-corrected chi connectivity index (χ2v) is 14.5. The number of rotatable bonds is 20. The van der Waals surface area contributed by atoms with Gasteiger partial charge in [-0.15, -0.1) is 0 Å². The molecular weight excluding hydrogens is 634 g/mol. The van der Waals surface area contributed by atoms with Gasteiger partial charge >= 0.3 is 5.97 Å². The lowest BCUT2D eigenvalue weighted by Gasteiger charge is -2.33. The van der Waals surface area contributed by atoms with Crippen molar-refractivity contribution < 1.29 is 43.4 Å². The zero-order valence-corrected chi connectivity index (χ0v) is 31.0. The molecule has 0 spiro atoms. The largest absolute Gasteiger partial charge is 0.459 e. The van der Waals surface area contributed by atoms with Crippen molar-refractivity contribution >= 4 is 41.3 Å². The molecule has 0 bridgehead atoms. The Labute approximate surface area is 291 Å². The van der Waals surface area contributed by atoms with Crippen LogP contribution in [0.2, 0.25) is 0 Å². The van der Waals surface area contributed by atoms with E-state index < -0.39 is 71.9 Å². The number of aliphatic hydroxyl groups excluding tert-OH is 1. The van der Waals surface area contributed by atoms with Crippen LogP contribution in [0.1, 0.15) is 113 Å². The number of ketones is 1.